The lowest BCUT2D eigenvalue weighted by atomic mass is 9.96. The van der Waals surface area contributed by atoms with E-state index in [0.717, 1.165) is 95.8 Å². The van der Waals surface area contributed by atoms with Crippen molar-refractivity contribution < 1.29 is 37.2 Å². The number of ether oxygens (including phenoxy) is 4. The number of aromatic nitrogens is 4. The van der Waals surface area contributed by atoms with Crippen LogP contribution in [-0.4, -0.2) is 0 Å². The summed E-state index contributed by atoms with van der Waals surface area (Å²) in [5.74, 6) is 3.35. The number of aryl methyl sites for hydroxylation is 4. The third-order valence-corrected chi connectivity index (χ3v) is 13.8. The van der Waals surface area contributed by atoms with Crippen molar-refractivity contribution in [3.8, 4) is 79.2 Å². The molecule has 0 aliphatic carbocycles. The zero-order valence-electron chi connectivity index (χ0n) is 38.1. The van der Waals surface area contributed by atoms with E-state index in [0.29, 0.717) is 0 Å². The molecule has 8 heterocycles. The quantitative estimate of drug-likeness (QED) is 0.154. The van der Waals surface area contributed by atoms with Crippen molar-refractivity contribution in [1.82, 2.24) is 0 Å². The van der Waals surface area contributed by atoms with Crippen molar-refractivity contribution in [2.24, 2.45) is 0 Å². The fourth-order valence-corrected chi connectivity index (χ4v) is 10.5. The first-order valence-electron chi connectivity index (χ1n) is 23.1. The molecule has 2 unspecified atom stereocenters. The average Bonchev–Trinajstić information content (AvgIpc) is 3.39. The van der Waals surface area contributed by atoms with Crippen LogP contribution in [0.1, 0.15) is 22.3 Å². The number of rotatable bonds is 1. The van der Waals surface area contributed by atoms with Gasteiger partial charge in [-0.15, -0.1) is 0 Å². The Bertz CT molecular complexity index is 3720. The molecular weight excluding hydrogens is 841 g/mol. The number of benzene rings is 6. The monoisotopic (exact) mass is 886 g/mol. The van der Waals surface area contributed by atoms with E-state index in [-0.39, 0.29) is 0 Å². The molecule has 14 rings (SSSR count). The molecule has 4 aliphatic heterocycles. The van der Waals surface area contributed by atoms with Crippen LogP contribution in [0.15, 0.2) is 207 Å². The summed E-state index contributed by atoms with van der Waals surface area (Å²) < 4.78 is 36.0. The molecule has 10 aromatic rings. The Morgan fingerprint density at radius 1 is 0.324 bits per heavy atom. The summed E-state index contributed by atoms with van der Waals surface area (Å²) in [6.45, 7) is 8.40. The largest absolute Gasteiger partial charge is 0.714 e. The van der Waals surface area contributed by atoms with Gasteiger partial charge in [-0.2, -0.15) is 0 Å². The van der Waals surface area contributed by atoms with E-state index < -0.39 is 12.1 Å². The molecule has 4 aliphatic rings. The molecular formula is C60H46N4O4+4. The smallest absolute Gasteiger partial charge is 0.339 e. The molecule has 4 aromatic heterocycles. The number of hydrogen-bond donors (Lipinski definition) is 0. The van der Waals surface area contributed by atoms with E-state index in [9.17, 15) is 0 Å². The molecule has 2 spiro atoms. The summed E-state index contributed by atoms with van der Waals surface area (Å²) in [4.78, 5) is 0. The molecule has 0 radical (unpaired) electrons. The number of pyridine rings is 4. The average molecular weight is 887 g/mol. The highest BCUT2D eigenvalue weighted by atomic mass is 16.7. The van der Waals surface area contributed by atoms with E-state index in [1.165, 1.54) is 16.3 Å². The third kappa shape index (κ3) is 5.73. The Morgan fingerprint density at radius 3 is 1.28 bits per heavy atom. The number of nitrogens with zero attached hydrogens (tertiary/aromatic N) is 4. The highest BCUT2D eigenvalue weighted by Crippen LogP contribution is 2.47. The minimum absolute atomic E-state index is 0.829. The Morgan fingerprint density at radius 2 is 0.750 bits per heavy atom. The van der Waals surface area contributed by atoms with E-state index in [2.05, 4.69) is 198 Å². The summed E-state index contributed by atoms with van der Waals surface area (Å²) in [6.07, 6.45) is 8.14. The standard InChI is InChI=1S/C31H24N2O2.C29H22N2O2/c1-21-11-10-14-25-27-15-6-8-17-32(27)31(34-29(21)25)33-18-9-7-16-28(33)26-20-24(19-22(2)30(26)35-31)23-12-4-3-5-13-23;1-19-10-9-13-23-25-14-5-7-16-30(25)29(32-27(19)23)31-17-8-6-15-26(31)24-18-21-11-3-4-12-22(21)20(2)28(24)33-29/h3-20H,1-2H3;3-18H,1-2H3/q2*+2. The summed E-state index contributed by atoms with van der Waals surface area (Å²) in [6, 6.07) is 60.5. The first kappa shape index (κ1) is 39.7. The Kier molecular flexibility index (Phi) is 8.73. The number of para-hydroxylation sites is 2. The second-order valence-electron chi connectivity index (χ2n) is 17.9. The first-order valence-corrected chi connectivity index (χ1v) is 23.1. The maximum Gasteiger partial charge on any atom is 0.714 e. The van der Waals surface area contributed by atoms with E-state index in [4.69, 9.17) is 18.9 Å². The molecule has 0 amide bonds. The molecule has 326 valence electrons. The van der Waals surface area contributed by atoms with Crippen LogP contribution >= 0.6 is 0 Å². The molecule has 6 aromatic carbocycles. The van der Waals surface area contributed by atoms with E-state index in [1.54, 1.807) is 0 Å². The molecule has 8 heteroatoms. The van der Waals surface area contributed by atoms with Crippen molar-refractivity contribution in [3.63, 3.8) is 0 Å². The van der Waals surface area contributed by atoms with Gasteiger partial charge in [-0.3, -0.25) is 0 Å². The minimum Gasteiger partial charge on any atom is -0.339 e. The van der Waals surface area contributed by atoms with Crippen molar-refractivity contribution in [3.05, 3.63) is 229 Å². The van der Waals surface area contributed by atoms with Crippen LogP contribution < -0.4 is 37.2 Å². The Balaban J connectivity index is 0.000000135. The van der Waals surface area contributed by atoms with Gasteiger partial charge in [-0.05, 0) is 121 Å². The summed E-state index contributed by atoms with van der Waals surface area (Å²) in [7, 11) is 0. The van der Waals surface area contributed by atoms with Gasteiger partial charge in [0.2, 0.25) is 22.8 Å². The number of fused-ring (bicyclic) bond motifs is 17. The molecule has 0 bridgehead atoms. The third-order valence-electron chi connectivity index (χ3n) is 13.8. The van der Waals surface area contributed by atoms with Crippen LogP contribution in [-0.2, 0) is 12.1 Å². The predicted molar refractivity (Wildman–Crippen MR) is 259 cm³/mol. The summed E-state index contributed by atoms with van der Waals surface area (Å²) in [5, 5.41) is 2.38. The van der Waals surface area contributed by atoms with Crippen LogP contribution in [0.5, 0.6) is 23.0 Å². The van der Waals surface area contributed by atoms with Gasteiger partial charge < -0.3 is 18.9 Å². The fraction of sp³-hybridized carbons (Fsp3) is 0.100. The second-order valence-corrected chi connectivity index (χ2v) is 17.9. The highest BCUT2D eigenvalue weighted by molar-refractivity contribution is 5.93. The lowest BCUT2D eigenvalue weighted by Crippen LogP contribution is -2.82. The van der Waals surface area contributed by atoms with Crippen molar-refractivity contribution in [2.45, 2.75) is 39.8 Å². The van der Waals surface area contributed by atoms with Crippen LogP contribution in [0.2, 0.25) is 0 Å². The van der Waals surface area contributed by atoms with Crippen LogP contribution in [0.4, 0.5) is 0 Å². The molecule has 68 heavy (non-hydrogen) atoms. The van der Waals surface area contributed by atoms with E-state index >= 15 is 0 Å². The SMILES string of the molecule is Cc1cccc2c1OC1(Oc3c(C)cc(-c4ccccc4)cc3-c3cccc[n+]31)[n+]1ccccc1-2.Cc1cccc2c1OC1(Oc3c(cc4ccccc4c3C)-c3cccc[n+]31)[n+]1ccccc1-2. The maximum atomic E-state index is 6.97. The zero-order chi connectivity index (χ0) is 45.7. The van der Waals surface area contributed by atoms with Crippen molar-refractivity contribution >= 4 is 10.8 Å². The van der Waals surface area contributed by atoms with Gasteiger partial charge >= 0.3 is 12.1 Å². The molecule has 8 nitrogen and oxygen atoms in total. The lowest BCUT2D eigenvalue weighted by molar-refractivity contribution is -1.06. The molecule has 0 fully saturated rings. The van der Waals surface area contributed by atoms with E-state index in [1.807, 2.05) is 55.1 Å². The van der Waals surface area contributed by atoms with Crippen molar-refractivity contribution in [1.29, 1.82) is 0 Å². The summed E-state index contributed by atoms with van der Waals surface area (Å²) >= 11 is 0. The topological polar surface area (TPSA) is 52.4 Å². The van der Waals surface area contributed by atoms with Gasteiger partial charge in [-0.1, -0.05) is 97.1 Å². The Hall–Kier alpha value is -8.62. The zero-order valence-corrected chi connectivity index (χ0v) is 38.1. The minimum atomic E-state index is -1.22. The van der Waals surface area contributed by atoms with Gasteiger partial charge in [0.1, 0.15) is 0 Å². The molecule has 0 N–H and O–H groups in total. The molecule has 0 saturated carbocycles. The highest BCUT2D eigenvalue weighted by Gasteiger charge is 2.67. The summed E-state index contributed by atoms with van der Waals surface area (Å²) in [5.41, 5.74) is 15.1. The normalized spacial score (nSPS) is 17.1. The number of hydrogen-bond acceptors (Lipinski definition) is 4. The Labute approximate surface area is 394 Å². The van der Waals surface area contributed by atoms with Gasteiger partial charge in [0, 0.05) is 54.1 Å². The van der Waals surface area contributed by atoms with Gasteiger partial charge in [0.15, 0.2) is 47.8 Å². The first-order chi connectivity index (χ1) is 33.3. The van der Waals surface area contributed by atoms with Crippen LogP contribution in [0, 0.1) is 27.7 Å². The fourth-order valence-electron chi connectivity index (χ4n) is 10.5. The van der Waals surface area contributed by atoms with Crippen LogP contribution in [0.25, 0.3) is 66.9 Å². The molecule has 0 saturated heterocycles. The second kappa shape index (κ2) is 15.0. The van der Waals surface area contributed by atoms with Gasteiger partial charge in [0.05, 0.1) is 22.3 Å². The maximum absolute atomic E-state index is 6.97. The molecule has 2 atom stereocenters. The van der Waals surface area contributed by atoms with Gasteiger partial charge in [-0.25, -0.2) is 0 Å². The van der Waals surface area contributed by atoms with Crippen LogP contribution in [0.3, 0.4) is 0 Å². The van der Waals surface area contributed by atoms with Crippen molar-refractivity contribution in [2.75, 3.05) is 0 Å². The predicted octanol–water partition coefficient (Wildman–Crippen LogP) is 11.0. The van der Waals surface area contributed by atoms with Gasteiger partial charge in [0.25, 0.3) is 0 Å². The lowest BCUT2D eigenvalue weighted by Gasteiger charge is -2.32.